The van der Waals surface area contributed by atoms with Crippen LogP contribution in [0.1, 0.15) is 16.2 Å². The Morgan fingerprint density at radius 3 is 2.94 bits per heavy atom. The molecular weight excluding hydrogens is 232 g/mol. The van der Waals surface area contributed by atoms with E-state index in [9.17, 15) is 4.79 Å². The van der Waals surface area contributed by atoms with Crippen molar-refractivity contribution in [2.45, 2.75) is 6.92 Å². The second kappa shape index (κ2) is 3.66. The molecule has 7 nitrogen and oxygen atoms in total. The maximum absolute atomic E-state index is 12.1. The summed E-state index contributed by atoms with van der Waals surface area (Å²) in [5.41, 5.74) is 7.08. The Balaban J connectivity index is 2.06. The minimum absolute atomic E-state index is 0.255. The minimum Gasteiger partial charge on any atom is -0.396 e. The Bertz CT molecular complexity index is 741. The van der Waals surface area contributed by atoms with E-state index in [2.05, 4.69) is 15.3 Å². The third kappa shape index (κ3) is 1.53. The molecule has 0 radical (unpaired) electrons. The fraction of sp³-hybridized carbons (Fsp3) is 0.0909. The molecule has 7 heteroatoms. The lowest BCUT2D eigenvalue weighted by molar-refractivity contribution is 0.0945. The summed E-state index contributed by atoms with van der Waals surface area (Å²) in [5.74, 6) is 0.516. The molecule has 3 aromatic heterocycles. The first-order chi connectivity index (χ1) is 8.65. The third-order valence-corrected chi connectivity index (χ3v) is 2.64. The van der Waals surface area contributed by atoms with Crippen molar-refractivity contribution in [2.24, 2.45) is 0 Å². The van der Waals surface area contributed by atoms with Crippen LogP contribution in [-0.2, 0) is 0 Å². The highest BCUT2D eigenvalue weighted by Gasteiger charge is 2.11. The lowest BCUT2D eigenvalue weighted by Gasteiger charge is -2.01. The molecule has 0 bridgehead atoms. The summed E-state index contributed by atoms with van der Waals surface area (Å²) < 4.78 is 3.00. The SMILES string of the molecule is Cc1nnc2cc(C(=O)n3cc(N)cn3)ccn12. The lowest BCUT2D eigenvalue weighted by Crippen LogP contribution is -2.12. The van der Waals surface area contributed by atoms with Crippen LogP contribution in [0.2, 0.25) is 0 Å². The van der Waals surface area contributed by atoms with Crippen molar-refractivity contribution in [1.29, 1.82) is 0 Å². The number of nitrogen functional groups attached to an aromatic ring is 1. The quantitative estimate of drug-likeness (QED) is 0.671. The normalized spacial score (nSPS) is 10.9. The molecule has 0 aliphatic heterocycles. The summed E-state index contributed by atoms with van der Waals surface area (Å²) >= 11 is 0. The predicted octanol–water partition coefficient (Wildman–Crippen LogP) is 0.505. The number of hydrogen-bond donors (Lipinski definition) is 1. The van der Waals surface area contributed by atoms with Crippen LogP contribution in [0.3, 0.4) is 0 Å². The van der Waals surface area contributed by atoms with Crippen molar-refractivity contribution >= 4 is 17.2 Å². The highest BCUT2D eigenvalue weighted by atomic mass is 16.2. The number of pyridine rings is 1. The van der Waals surface area contributed by atoms with Crippen LogP contribution in [0, 0.1) is 6.92 Å². The van der Waals surface area contributed by atoms with Gasteiger partial charge in [0.15, 0.2) is 5.65 Å². The average molecular weight is 242 g/mol. The molecule has 3 rings (SSSR count). The van der Waals surface area contributed by atoms with E-state index in [1.165, 1.54) is 17.1 Å². The van der Waals surface area contributed by atoms with E-state index in [4.69, 9.17) is 5.73 Å². The molecule has 0 saturated carbocycles. The van der Waals surface area contributed by atoms with Crippen molar-refractivity contribution in [3.63, 3.8) is 0 Å². The Kier molecular flexibility index (Phi) is 2.12. The number of carbonyl (C=O) groups excluding carboxylic acids is 1. The molecule has 0 amide bonds. The maximum atomic E-state index is 12.1. The lowest BCUT2D eigenvalue weighted by atomic mass is 10.2. The maximum Gasteiger partial charge on any atom is 0.278 e. The Morgan fingerprint density at radius 2 is 2.22 bits per heavy atom. The fourth-order valence-electron chi connectivity index (χ4n) is 1.72. The van der Waals surface area contributed by atoms with Crippen molar-refractivity contribution in [1.82, 2.24) is 24.4 Å². The van der Waals surface area contributed by atoms with E-state index < -0.39 is 0 Å². The van der Waals surface area contributed by atoms with E-state index in [1.54, 1.807) is 22.7 Å². The Morgan fingerprint density at radius 1 is 1.39 bits per heavy atom. The molecule has 0 aliphatic rings. The van der Waals surface area contributed by atoms with Crippen LogP contribution in [-0.4, -0.2) is 30.3 Å². The number of aryl methyl sites for hydroxylation is 1. The van der Waals surface area contributed by atoms with Crippen LogP contribution in [0.25, 0.3) is 5.65 Å². The largest absolute Gasteiger partial charge is 0.396 e. The van der Waals surface area contributed by atoms with Gasteiger partial charge in [-0.2, -0.15) is 5.10 Å². The van der Waals surface area contributed by atoms with E-state index in [-0.39, 0.29) is 5.91 Å². The van der Waals surface area contributed by atoms with Crippen LogP contribution in [0.4, 0.5) is 5.69 Å². The van der Waals surface area contributed by atoms with Crippen LogP contribution < -0.4 is 5.73 Å². The number of hydrogen-bond acceptors (Lipinski definition) is 5. The van der Waals surface area contributed by atoms with Gasteiger partial charge in [0.2, 0.25) is 0 Å². The molecular formula is C11H10N6O. The van der Waals surface area contributed by atoms with E-state index in [1.807, 2.05) is 6.92 Å². The van der Waals surface area contributed by atoms with Crippen LogP contribution in [0.5, 0.6) is 0 Å². The van der Waals surface area contributed by atoms with Crippen molar-refractivity contribution in [3.8, 4) is 0 Å². The standard InChI is InChI=1S/C11H10N6O/c1-7-14-15-10-4-8(2-3-16(7)10)11(18)17-6-9(12)5-13-17/h2-6H,12H2,1H3. The van der Waals surface area contributed by atoms with Gasteiger partial charge in [-0.25, -0.2) is 4.68 Å². The molecule has 0 fully saturated rings. The Labute approximate surface area is 102 Å². The summed E-state index contributed by atoms with van der Waals surface area (Å²) in [7, 11) is 0. The Hall–Kier alpha value is -2.70. The summed E-state index contributed by atoms with van der Waals surface area (Å²) in [6, 6.07) is 3.36. The summed E-state index contributed by atoms with van der Waals surface area (Å²) in [4.78, 5) is 12.1. The van der Waals surface area contributed by atoms with Gasteiger partial charge in [-0.1, -0.05) is 0 Å². The van der Waals surface area contributed by atoms with Crippen molar-refractivity contribution in [3.05, 3.63) is 42.1 Å². The third-order valence-electron chi connectivity index (χ3n) is 2.64. The van der Waals surface area contributed by atoms with Gasteiger partial charge >= 0.3 is 0 Å². The van der Waals surface area contributed by atoms with Gasteiger partial charge in [0.25, 0.3) is 5.91 Å². The monoisotopic (exact) mass is 242 g/mol. The summed E-state index contributed by atoms with van der Waals surface area (Å²) in [6.07, 6.45) is 4.66. The zero-order valence-corrected chi connectivity index (χ0v) is 9.61. The number of fused-ring (bicyclic) bond motifs is 1. The zero-order valence-electron chi connectivity index (χ0n) is 9.61. The first-order valence-electron chi connectivity index (χ1n) is 5.31. The second-order valence-corrected chi connectivity index (χ2v) is 3.91. The summed E-state index contributed by atoms with van der Waals surface area (Å²) in [5, 5.41) is 11.8. The van der Waals surface area contributed by atoms with E-state index in [0.29, 0.717) is 16.9 Å². The molecule has 18 heavy (non-hydrogen) atoms. The average Bonchev–Trinajstić information content (AvgIpc) is 2.95. The number of rotatable bonds is 1. The van der Waals surface area contributed by atoms with E-state index in [0.717, 1.165) is 5.82 Å². The van der Waals surface area contributed by atoms with Crippen molar-refractivity contribution in [2.75, 3.05) is 5.73 Å². The van der Waals surface area contributed by atoms with Gasteiger partial charge in [-0.3, -0.25) is 9.20 Å². The van der Waals surface area contributed by atoms with Gasteiger partial charge in [-0.05, 0) is 19.1 Å². The molecule has 3 heterocycles. The fourth-order valence-corrected chi connectivity index (χ4v) is 1.72. The summed E-state index contributed by atoms with van der Waals surface area (Å²) in [6.45, 7) is 1.84. The molecule has 0 atom stereocenters. The highest BCUT2D eigenvalue weighted by molar-refractivity contribution is 5.96. The molecule has 0 spiro atoms. The van der Waals surface area contributed by atoms with Gasteiger partial charge < -0.3 is 5.73 Å². The molecule has 0 aliphatic carbocycles. The highest BCUT2D eigenvalue weighted by Crippen LogP contribution is 2.09. The number of carbonyl (C=O) groups is 1. The number of nitrogens with zero attached hydrogens (tertiary/aromatic N) is 5. The molecule has 0 unspecified atom stereocenters. The van der Waals surface area contributed by atoms with Gasteiger partial charge in [-0.15, -0.1) is 10.2 Å². The van der Waals surface area contributed by atoms with Gasteiger partial charge in [0, 0.05) is 11.8 Å². The first kappa shape index (κ1) is 10.5. The molecule has 2 N–H and O–H groups in total. The molecule has 3 aromatic rings. The van der Waals surface area contributed by atoms with Crippen molar-refractivity contribution < 1.29 is 4.79 Å². The molecule has 0 saturated heterocycles. The second-order valence-electron chi connectivity index (χ2n) is 3.91. The van der Waals surface area contributed by atoms with Crippen LogP contribution >= 0.6 is 0 Å². The van der Waals surface area contributed by atoms with Crippen LogP contribution in [0.15, 0.2) is 30.7 Å². The first-order valence-corrected chi connectivity index (χ1v) is 5.31. The minimum atomic E-state index is -0.255. The van der Waals surface area contributed by atoms with Gasteiger partial charge in [0.05, 0.1) is 18.1 Å². The molecule has 90 valence electrons. The molecule has 0 aromatic carbocycles. The number of nitrogens with two attached hydrogens (primary N) is 1. The number of aromatic nitrogens is 5. The zero-order chi connectivity index (χ0) is 12.7. The van der Waals surface area contributed by atoms with E-state index >= 15 is 0 Å². The smallest absolute Gasteiger partial charge is 0.278 e. The number of anilines is 1. The van der Waals surface area contributed by atoms with Gasteiger partial charge in [0.1, 0.15) is 5.82 Å². The topological polar surface area (TPSA) is 91.1 Å². The predicted molar refractivity (Wildman–Crippen MR) is 64.1 cm³/mol.